The number of hydrogen-bond acceptors (Lipinski definition) is 3. The van der Waals surface area contributed by atoms with Gasteiger partial charge in [0.15, 0.2) is 0 Å². The summed E-state index contributed by atoms with van der Waals surface area (Å²) in [7, 11) is 2.21. The minimum atomic E-state index is 0.831. The molecule has 2 bridgehead atoms. The predicted octanol–water partition coefficient (Wildman–Crippen LogP) is -0.256. The molecule has 0 aromatic heterocycles. The Hall–Kier alpha value is -0.120. The van der Waals surface area contributed by atoms with Gasteiger partial charge >= 0.3 is 0 Å². The van der Waals surface area contributed by atoms with Crippen molar-refractivity contribution >= 4 is 0 Å². The van der Waals surface area contributed by atoms with E-state index in [1.54, 1.807) is 0 Å². The van der Waals surface area contributed by atoms with Gasteiger partial charge in [0.25, 0.3) is 0 Å². The molecule has 2 unspecified atom stereocenters. The van der Waals surface area contributed by atoms with Crippen LogP contribution in [0.2, 0.25) is 0 Å². The lowest BCUT2D eigenvalue weighted by atomic mass is 9.86. The largest absolute Gasteiger partial charge is 0.306 e. The molecule has 2 fully saturated rings. The summed E-state index contributed by atoms with van der Waals surface area (Å²) in [6, 6.07) is 0. The van der Waals surface area contributed by atoms with Crippen LogP contribution in [0.5, 0.6) is 0 Å². The second-order valence-electron chi connectivity index (χ2n) is 4.14. The molecule has 2 heterocycles. The highest BCUT2D eigenvalue weighted by Crippen LogP contribution is 2.25. The van der Waals surface area contributed by atoms with Crippen LogP contribution in [0.15, 0.2) is 0 Å². The first-order chi connectivity index (χ1) is 5.24. The average molecular weight is 155 g/mol. The van der Waals surface area contributed by atoms with Gasteiger partial charge in [0.05, 0.1) is 0 Å². The molecule has 2 aliphatic rings. The Morgan fingerprint density at radius 2 is 1.64 bits per heavy atom. The van der Waals surface area contributed by atoms with E-state index < -0.39 is 0 Å². The van der Waals surface area contributed by atoms with E-state index in [0.717, 1.165) is 24.9 Å². The fourth-order valence-corrected chi connectivity index (χ4v) is 2.58. The molecule has 3 nitrogen and oxygen atoms in total. The number of piperidine rings is 2. The molecule has 64 valence electrons. The van der Waals surface area contributed by atoms with Gasteiger partial charge in [0.1, 0.15) is 0 Å². The Bertz CT molecular complexity index is 115. The molecule has 0 spiro atoms. The summed E-state index contributed by atoms with van der Waals surface area (Å²) in [4.78, 5) is 2.44. The van der Waals surface area contributed by atoms with Gasteiger partial charge in [-0.3, -0.25) is 5.84 Å². The van der Waals surface area contributed by atoms with E-state index >= 15 is 0 Å². The molecular formula is C8H17N3. The third-order valence-electron chi connectivity index (χ3n) is 2.79. The quantitative estimate of drug-likeness (QED) is 0.489. The van der Waals surface area contributed by atoms with Crippen molar-refractivity contribution in [2.24, 2.45) is 17.7 Å². The lowest BCUT2D eigenvalue weighted by molar-refractivity contribution is 0.0432. The van der Waals surface area contributed by atoms with Gasteiger partial charge in [-0.05, 0) is 25.3 Å². The summed E-state index contributed by atoms with van der Waals surface area (Å²) >= 11 is 0. The minimum absolute atomic E-state index is 0.831. The Morgan fingerprint density at radius 1 is 1.09 bits per heavy atom. The normalized spacial score (nSPS) is 40.9. The Kier molecular flexibility index (Phi) is 1.87. The Labute approximate surface area is 68.1 Å². The summed E-state index contributed by atoms with van der Waals surface area (Å²) in [5.41, 5.74) is 0. The molecule has 2 atom stereocenters. The minimum Gasteiger partial charge on any atom is -0.306 e. The van der Waals surface area contributed by atoms with E-state index in [2.05, 4.69) is 11.9 Å². The fraction of sp³-hybridized carbons (Fsp3) is 1.00. The predicted molar refractivity (Wildman–Crippen MR) is 44.9 cm³/mol. The van der Waals surface area contributed by atoms with Crippen LogP contribution in [-0.2, 0) is 0 Å². The van der Waals surface area contributed by atoms with Crippen molar-refractivity contribution in [3.63, 3.8) is 0 Å². The van der Waals surface area contributed by atoms with Crippen LogP contribution < -0.4 is 5.84 Å². The highest BCUT2D eigenvalue weighted by molar-refractivity contribution is 4.84. The number of likely N-dealkylation sites (tertiary alicyclic amines) is 1. The van der Waals surface area contributed by atoms with Crippen LogP contribution in [0.25, 0.3) is 0 Å². The molecule has 2 rings (SSSR count). The van der Waals surface area contributed by atoms with Gasteiger partial charge in [0, 0.05) is 26.2 Å². The first-order valence-electron chi connectivity index (χ1n) is 4.42. The molecule has 2 N–H and O–H groups in total. The molecule has 0 radical (unpaired) electrons. The SMILES string of the molecule is CN1CC2CC(C1)CN(N)C2. The van der Waals surface area contributed by atoms with Crippen LogP contribution >= 0.6 is 0 Å². The first kappa shape index (κ1) is 7.53. The number of hydrazine groups is 1. The van der Waals surface area contributed by atoms with Crippen molar-refractivity contribution in [1.29, 1.82) is 0 Å². The molecule has 2 saturated heterocycles. The van der Waals surface area contributed by atoms with E-state index in [1.165, 1.54) is 19.5 Å². The van der Waals surface area contributed by atoms with Gasteiger partial charge in [-0.15, -0.1) is 0 Å². The van der Waals surface area contributed by atoms with E-state index in [9.17, 15) is 0 Å². The maximum Gasteiger partial charge on any atom is 0.0169 e. The maximum atomic E-state index is 5.79. The van der Waals surface area contributed by atoms with Crippen molar-refractivity contribution in [2.75, 3.05) is 33.2 Å². The number of nitrogens with zero attached hydrogens (tertiary/aromatic N) is 2. The molecule has 0 saturated carbocycles. The third-order valence-corrected chi connectivity index (χ3v) is 2.79. The standard InChI is InChI=1S/C8H17N3/c1-10-3-7-2-8(4-10)6-11(9)5-7/h7-8H,2-6,9H2,1H3. The lowest BCUT2D eigenvalue weighted by Gasteiger charge is -2.43. The molecule has 0 amide bonds. The molecule has 0 aromatic carbocycles. The van der Waals surface area contributed by atoms with Crippen LogP contribution in [0.4, 0.5) is 0 Å². The van der Waals surface area contributed by atoms with Gasteiger partial charge in [-0.25, -0.2) is 5.01 Å². The number of rotatable bonds is 0. The smallest absolute Gasteiger partial charge is 0.0169 e. The molecule has 2 aliphatic heterocycles. The highest BCUT2D eigenvalue weighted by Gasteiger charge is 2.31. The zero-order valence-electron chi connectivity index (χ0n) is 7.16. The molecule has 3 heteroatoms. The fourth-order valence-electron chi connectivity index (χ4n) is 2.58. The molecule has 0 aliphatic carbocycles. The average Bonchev–Trinajstić information content (AvgIpc) is 1.82. The zero-order chi connectivity index (χ0) is 7.84. The summed E-state index contributed by atoms with van der Waals surface area (Å²) in [6.45, 7) is 4.68. The molecular weight excluding hydrogens is 138 g/mol. The highest BCUT2D eigenvalue weighted by atomic mass is 15.4. The van der Waals surface area contributed by atoms with Crippen LogP contribution in [0.3, 0.4) is 0 Å². The summed E-state index contributed by atoms with van der Waals surface area (Å²) in [5, 5.41) is 1.99. The van der Waals surface area contributed by atoms with Gasteiger partial charge < -0.3 is 4.90 Å². The van der Waals surface area contributed by atoms with Gasteiger partial charge in [0.2, 0.25) is 0 Å². The van der Waals surface area contributed by atoms with E-state index in [4.69, 9.17) is 5.84 Å². The van der Waals surface area contributed by atoms with E-state index in [-0.39, 0.29) is 0 Å². The number of fused-ring (bicyclic) bond motifs is 2. The van der Waals surface area contributed by atoms with Crippen molar-refractivity contribution < 1.29 is 0 Å². The van der Waals surface area contributed by atoms with Crippen molar-refractivity contribution in [2.45, 2.75) is 6.42 Å². The Morgan fingerprint density at radius 3 is 2.18 bits per heavy atom. The third kappa shape index (κ3) is 1.55. The second kappa shape index (κ2) is 2.73. The summed E-state index contributed by atoms with van der Waals surface area (Å²) in [5.74, 6) is 7.45. The number of hydrogen-bond donors (Lipinski definition) is 1. The lowest BCUT2D eigenvalue weighted by Crippen LogP contribution is -2.53. The van der Waals surface area contributed by atoms with Gasteiger partial charge in [-0.1, -0.05) is 0 Å². The molecule has 0 aromatic rings. The monoisotopic (exact) mass is 155 g/mol. The molecule has 11 heavy (non-hydrogen) atoms. The van der Waals surface area contributed by atoms with Gasteiger partial charge in [-0.2, -0.15) is 0 Å². The van der Waals surface area contributed by atoms with Crippen LogP contribution in [0.1, 0.15) is 6.42 Å². The zero-order valence-corrected chi connectivity index (χ0v) is 7.16. The van der Waals surface area contributed by atoms with E-state index in [0.29, 0.717) is 0 Å². The summed E-state index contributed by atoms with van der Waals surface area (Å²) in [6.07, 6.45) is 1.40. The van der Waals surface area contributed by atoms with Crippen molar-refractivity contribution in [3.05, 3.63) is 0 Å². The first-order valence-corrected chi connectivity index (χ1v) is 4.42. The number of nitrogens with two attached hydrogens (primary N) is 1. The maximum absolute atomic E-state index is 5.79. The second-order valence-corrected chi connectivity index (χ2v) is 4.14. The van der Waals surface area contributed by atoms with Crippen LogP contribution in [0, 0.1) is 11.8 Å². The van der Waals surface area contributed by atoms with Crippen molar-refractivity contribution in [1.82, 2.24) is 9.91 Å². The van der Waals surface area contributed by atoms with E-state index in [1.807, 2.05) is 5.01 Å². The Balaban J connectivity index is 2.00. The van der Waals surface area contributed by atoms with Crippen molar-refractivity contribution in [3.8, 4) is 0 Å². The van der Waals surface area contributed by atoms with Crippen LogP contribution in [-0.4, -0.2) is 43.1 Å². The topological polar surface area (TPSA) is 32.5 Å². The summed E-state index contributed by atoms with van der Waals surface area (Å²) < 4.78 is 0.